The number of rotatable bonds is 4. The smallest absolute Gasteiger partial charge is 0.332 e. The van der Waals surface area contributed by atoms with Crippen LogP contribution >= 0.6 is 0 Å². The molecule has 2 heterocycles. The molecule has 0 bridgehead atoms. The van der Waals surface area contributed by atoms with Gasteiger partial charge >= 0.3 is 6.03 Å². The van der Waals surface area contributed by atoms with Crippen LogP contribution < -0.4 is 4.90 Å². The van der Waals surface area contributed by atoms with E-state index in [4.69, 9.17) is 4.52 Å². The topological polar surface area (TPSA) is 79.5 Å². The van der Waals surface area contributed by atoms with E-state index < -0.39 is 6.04 Å². The number of nitrogens with zero attached hydrogens (tertiary/aromatic N) is 4. The Morgan fingerprint density at radius 2 is 1.88 bits per heavy atom. The number of anilines is 1. The summed E-state index contributed by atoms with van der Waals surface area (Å²) in [5.74, 6) is 0.672. The Morgan fingerprint density at radius 1 is 1.21 bits per heavy atom. The molecule has 7 heteroatoms. The number of benzene rings is 1. The Hall–Kier alpha value is -2.70. The molecule has 0 N–H and O–H groups in total. The number of carbonyl (C=O) groups excluding carboxylic acids is 2. The van der Waals surface area contributed by atoms with Gasteiger partial charge in [0.05, 0.1) is 0 Å². The fourth-order valence-corrected chi connectivity index (χ4v) is 2.61. The van der Waals surface area contributed by atoms with Gasteiger partial charge in [-0.25, -0.2) is 4.79 Å². The van der Waals surface area contributed by atoms with E-state index in [9.17, 15) is 9.59 Å². The number of urea groups is 1. The first-order valence-corrected chi connectivity index (χ1v) is 7.92. The Balaban J connectivity index is 1.83. The normalized spacial score (nSPS) is 18.1. The molecule has 0 radical (unpaired) electrons. The minimum Gasteiger partial charge on any atom is -0.337 e. The quantitative estimate of drug-likeness (QED) is 0.806. The van der Waals surface area contributed by atoms with Crippen LogP contribution in [-0.4, -0.2) is 33.0 Å². The minimum absolute atomic E-state index is 0.00983. The second kappa shape index (κ2) is 6.07. The average molecular weight is 328 g/mol. The zero-order chi connectivity index (χ0) is 17.4. The summed E-state index contributed by atoms with van der Waals surface area (Å²) in [5.41, 5.74) is 1.79. The summed E-state index contributed by atoms with van der Waals surface area (Å²) in [5, 5.41) is 3.86. The van der Waals surface area contributed by atoms with E-state index in [-0.39, 0.29) is 30.3 Å². The summed E-state index contributed by atoms with van der Waals surface area (Å²) in [4.78, 5) is 32.1. The first-order chi connectivity index (χ1) is 11.4. The van der Waals surface area contributed by atoms with Gasteiger partial charge in [0.15, 0.2) is 5.82 Å². The monoisotopic (exact) mass is 328 g/mol. The molecule has 1 atom stereocenters. The standard InChI is InChI=1S/C17H20N4O3/c1-10(2)15-18-14(24-19-15)9-20-16(22)12(4)21(17(20)23)13-7-5-11(3)6-8-13/h5-8,10,12H,9H2,1-4H3. The summed E-state index contributed by atoms with van der Waals surface area (Å²) in [6.07, 6.45) is 0. The van der Waals surface area contributed by atoms with Gasteiger partial charge in [-0.15, -0.1) is 0 Å². The van der Waals surface area contributed by atoms with Gasteiger partial charge < -0.3 is 4.52 Å². The lowest BCUT2D eigenvalue weighted by molar-refractivity contribution is -0.127. The first-order valence-electron chi connectivity index (χ1n) is 7.92. The second-order valence-electron chi connectivity index (χ2n) is 6.29. The maximum atomic E-state index is 12.7. The van der Waals surface area contributed by atoms with Crippen molar-refractivity contribution in [1.82, 2.24) is 15.0 Å². The molecule has 0 spiro atoms. The molecule has 126 valence electrons. The first kappa shape index (κ1) is 16.2. The molecular formula is C17H20N4O3. The van der Waals surface area contributed by atoms with Crippen LogP contribution in [0.1, 0.15) is 44.0 Å². The van der Waals surface area contributed by atoms with Crippen LogP contribution in [0.5, 0.6) is 0 Å². The maximum absolute atomic E-state index is 12.7. The number of aromatic nitrogens is 2. The van der Waals surface area contributed by atoms with Crippen molar-refractivity contribution in [3.63, 3.8) is 0 Å². The Labute approximate surface area is 140 Å². The molecule has 2 aromatic rings. The molecule has 0 saturated carbocycles. The number of aryl methyl sites for hydroxylation is 1. The largest absolute Gasteiger partial charge is 0.337 e. The van der Waals surface area contributed by atoms with Gasteiger partial charge in [-0.05, 0) is 26.0 Å². The molecule has 0 aliphatic carbocycles. The lowest BCUT2D eigenvalue weighted by Gasteiger charge is -2.19. The number of imide groups is 1. The number of carbonyl (C=O) groups is 2. The molecule has 1 aromatic carbocycles. The van der Waals surface area contributed by atoms with E-state index in [1.807, 2.05) is 45.0 Å². The predicted molar refractivity (Wildman–Crippen MR) is 87.5 cm³/mol. The Morgan fingerprint density at radius 3 is 2.46 bits per heavy atom. The van der Waals surface area contributed by atoms with E-state index in [2.05, 4.69) is 10.1 Å². The van der Waals surface area contributed by atoms with Gasteiger partial charge in [0.2, 0.25) is 5.89 Å². The SMILES string of the molecule is Cc1ccc(N2C(=O)N(Cc3nc(C(C)C)no3)C(=O)C2C)cc1. The van der Waals surface area contributed by atoms with E-state index in [0.29, 0.717) is 11.5 Å². The lowest BCUT2D eigenvalue weighted by Crippen LogP contribution is -2.33. The van der Waals surface area contributed by atoms with Gasteiger partial charge in [0.1, 0.15) is 12.6 Å². The van der Waals surface area contributed by atoms with Crippen molar-refractivity contribution < 1.29 is 14.1 Å². The van der Waals surface area contributed by atoms with E-state index in [1.54, 1.807) is 6.92 Å². The third-order valence-corrected chi connectivity index (χ3v) is 4.05. The molecular weight excluding hydrogens is 308 g/mol. The maximum Gasteiger partial charge on any atom is 0.332 e. The molecule has 1 saturated heterocycles. The molecule has 1 fully saturated rings. The molecule has 3 amide bonds. The zero-order valence-corrected chi connectivity index (χ0v) is 14.2. The van der Waals surface area contributed by atoms with Crippen LogP contribution in [0.2, 0.25) is 0 Å². The summed E-state index contributed by atoms with van der Waals surface area (Å²) in [7, 11) is 0. The van der Waals surface area contributed by atoms with Gasteiger partial charge in [0, 0.05) is 11.6 Å². The van der Waals surface area contributed by atoms with Crippen LogP contribution in [0.3, 0.4) is 0 Å². The fraction of sp³-hybridized carbons (Fsp3) is 0.412. The minimum atomic E-state index is -0.562. The van der Waals surface area contributed by atoms with Gasteiger partial charge in [-0.3, -0.25) is 14.6 Å². The van der Waals surface area contributed by atoms with Crippen LogP contribution in [0.4, 0.5) is 10.5 Å². The van der Waals surface area contributed by atoms with Crippen molar-refractivity contribution in [2.45, 2.75) is 46.2 Å². The highest BCUT2D eigenvalue weighted by atomic mass is 16.5. The highest BCUT2D eigenvalue weighted by Crippen LogP contribution is 2.27. The molecule has 7 nitrogen and oxygen atoms in total. The molecule has 1 unspecified atom stereocenters. The molecule has 1 aliphatic rings. The van der Waals surface area contributed by atoms with Crippen molar-refractivity contribution in [3.8, 4) is 0 Å². The average Bonchev–Trinajstić information content (AvgIpc) is 3.09. The molecule has 3 rings (SSSR count). The van der Waals surface area contributed by atoms with Gasteiger partial charge in [-0.1, -0.05) is 36.7 Å². The third-order valence-electron chi connectivity index (χ3n) is 4.05. The summed E-state index contributed by atoms with van der Waals surface area (Å²) < 4.78 is 5.15. The van der Waals surface area contributed by atoms with Crippen LogP contribution in [0, 0.1) is 6.92 Å². The Bertz CT molecular complexity index is 766. The summed E-state index contributed by atoms with van der Waals surface area (Å²) in [6.45, 7) is 7.57. The second-order valence-corrected chi connectivity index (χ2v) is 6.29. The van der Waals surface area contributed by atoms with Gasteiger partial charge in [-0.2, -0.15) is 4.98 Å². The van der Waals surface area contributed by atoms with Crippen molar-refractivity contribution >= 4 is 17.6 Å². The van der Waals surface area contributed by atoms with Crippen LogP contribution in [-0.2, 0) is 11.3 Å². The van der Waals surface area contributed by atoms with Crippen molar-refractivity contribution in [2.24, 2.45) is 0 Å². The van der Waals surface area contributed by atoms with E-state index in [1.165, 1.54) is 4.90 Å². The van der Waals surface area contributed by atoms with E-state index >= 15 is 0 Å². The summed E-state index contributed by atoms with van der Waals surface area (Å²) >= 11 is 0. The molecule has 24 heavy (non-hydrogen) atoms. The van der Waals surface area contributed by atoms with E-state index in [0.717, 1.165) is 10.5 Å². The van der Waals surface area contributed by atoms with Crippen molar-refractivity contribution in [2.75, 3.05) is 4.90 Å². The number of hydrogen-bond donors (Lipinski definition) is 0. The van der Waals surface area contributed by atoms with Gasteiger partial charge in [0.25, 0.3) is 5.91 Å². The number of amides is 3. The third kappa shape index (κ3) is 2.77. The highest BCUT2D eigenvalue weighted by molar-refractivity contribution is 6.13. The summed E-state index contributed by atoms with van der Waals surface area (Å²) in [6, 6.07) is 6.56. The van der Waals surface area contributed by atoms with Crippen LogP contribution in [0.15, 0.2) is 28.8 Å². The number of hydrogen-bond acceptors (Lipinski definition) is 5. The zero-order valence-electron chi connectivity index (χ0n) is 14.2. The Kier molecular flexibility index (Phi) is 4.09. The fourth-order valence-electron chi connectivity index (χ4n) is 2.61. The highest BCUT2D eigenvalue weighted by Gasteiger charge is 2.43. The predicted octanol–water partition coefficient (Wildman–Crippen LogP) is 2.86. The van der Waals surface area contributed by atoms with Crippen molar-refractivity contribution in [3.05, 3.63) is 41.5 Å². The lowest BCUT2D eigenvalue weighted by atomic mass is 10.2. The molecule has 1 aromatic heterocycles. The van der Waals surface area contributed by atoms with Crippen molar-refractivity contribution in [1.29, 1.82) is 0 Å². The molecule has 1 aliphatic heterocycles. The van der Waals surface area contributed by atoms with Crippen LogP contribution in [0.25, 0.3) is 0 Å².